The highest BCUT2D eigenvalue weighted by Crippen LogP contribution is 2.38. The topological polar surface area (TPSA) is 30.5 Å². The maximum atomic E-state index is 5.86. The largest absolute Gasteiger partial charge is 0.497 e. The molecule has 0 amide bonds. The highest BCUT2D eigenvalue weighted by atomic mass is 16.5. The fourth-order valence-electron chi connectivity index (χ4n) is 2.92. The molecule has 2 heterocycles. The van der Waals surface area contributed by atoms with Crippen LogP contribution in [0.1, 0.15) is 31.2 Å². The standard InChI is InChI=1S/C16H21NO2/c1-2-17-16(15-9-5-6-10-18-15)13-11-19-14-8-4-3-7-12(13)14/h3-4,7-9,13,16-17H,2,5-6,10-11H2,1H3. The Morgan fingerprint density at radius 1 is 1.32 bits per heavy atom. The Labute approximate surface area is 114 Å². The van der Waals surface area contributed by atoms with Gasteiger partial charge in [-0.15, -0.1) is 0 Å². The Morgan fingerprint density at radius 3 is 3.00 bits per heavy atom. The number of ether oxygens (including phenoxy) is 2. The van der Waals surface area contributed by atoms with Crippen LogP contribution in [0, 0.1) is 0 Å². The summed E-state index contributed by atoms with van der Waals surface area (Å²) in [4.78, 5) is 0. The Morgan fingerprint density at radius 2 is 2.21 bits per heavy atom. The zero-order valence-corrected chi connectivity index (χ0v) is 11.4. The number of nitrogens with one attached hydrogen (secondary N) is 1. The van der Waals surface area contributed by atoms with Crippen molar-refractivity contribution in [2.45, 2.75) is 31.7 Å². The molecular formula is C16H21NO2. The third-order valence-corrected chi connectivity index (χ3v) is 3.83. The van der Waals surface area contributed by atoms with Gasteiger partial charge in [0.15, 0.2) is 0 Å². The van der Waals surface area contributed by atoms with Crippen LogP contribution < -0.4 is 10.1 Å². The van der Waals surface area contributed by atoms with Crippen molar-refractivity contribution in [3.63, 3.8) is 0 Å². The number of hydrogen-bond acceptors (Lipinski definition) is 3. The maximum absolute atomic E-state index is 5.86. The van der Waals surface area contributed by atoms with Gasteiger partial charge in [-0.2, -0.15) is 0 Å². The summed E-state index contributed by atoms with van der Waals surface area (Å²) in [6.45, 7) is 4.64. The molecule has 2 aliphatic rings. The normalized spacial score (nSPS) is 23.0. The quantitative estimate of drug-likeness (QED) is 0.902. The summed E-state index contributed by atoms with van der Waals surface area (Å²) >= 11 is 0. The van der Waals surface area contributed by atoms with E-state index in [-0.39, 0.29) is 6.04 Å². The summed E-state index contributed by atoms with van der Waals surface area (Å²) in [5.41, 5.74) is 1.29. The van der Waals surface area contributed by atoms with Crippen molar-refractivity contribution in [2.75, 3.05) is 19.8 Å². The third-order valence-electron chi connectivity index (χ3n) is 3.83. The van der Waals surface area contributed by atoms with E-state index in [4.69, 9.17) is 9.47 Å². The van der Waals surface area contributed by atoms with E-state index in [1.54, 1.807) is 0 Å². The number of benzene rings is 1. The Kier molecular flexibility index (Phi) is 3.74. The van der Waals surface area contributed by atoms with Crippen molar-refractivity contribution in [1.29, 1.82) is 0 Å². The van der Waals surface area contributed by atoms with Crippen LogP contribution in [0.5, 0.6) is 5.75 Å². The average Bonchev–Trinajstić information content (AvgIpc) is 2.89. The number of hydrogen-bond donors (Lipinski definition) is 1. The second kappa shape index (κ2) is 5.66. The van der Waals surface area contributed by atoms with Crippen molar-refractivity contribution in [3.05, 3.63) is 41.7 Å². The molecular weight excluding hydrogens is 238 g/mol. The molecule has 3 heteroatoms. The lowest BCUT2D eigenvalue weighted by atomic mass is 9.91. The Bertz CT molecular complexity index is 470. The molecule has 1 aromatic rings. The van der Waals surface area contributed by atoms with Gasteiger partial charge < -0.3 is 14.8 Å². The monoisotopic (exact) mass is 259 g/mol. The molecule has 2 unspecified atom stereocenters. The zero-order valence-electron chi connectivity index (χ0n) is 11.4. The summed E-state index contributed by atoms with van der Waals surface area (Å²) in [7, 11) is 0. The van der Waals surface area contributed by atoms with E-state index < -0.39 is 0 Å². The fraction of sp³-hybridized carbons (Fsp3) is 0.500. The maximum Gasteiger partial charge on any atom is 0.122 e. The van der Waals surface area contributed by atoms with E-state index in [2.05, 4.69) is 36.5 Å². The molecule has 3 rings (SSSR count). The highest BCUT2D eigenvalue weighted by Gasteiger charge is 2.34. The van der Waals surface area contributed by atoms with Crippen LogP contribution in [0.15, 0.2) is 36.1 Å². The summed E-state index contributed by atoms with van der Waals surface area (Å²) < 4.78 is 11.7. The van der Waals surface area contributed by atoms with Crippen LogP contribution >= 0.6 is 0 Å². The van der Waals surface area contributed by atoms with E-state index in [9.17, 15) is 0 Å². The van der Waals surface area contributed by atoms with Gasteiger partial charge in [-0.25, -0.2) is 0 Å². The van der Waals surface area contributed by atoms with Gasteiger partial charge in [0.25, 0.3) is 0 Å². The Hall–Kier alpha value is -1.48. The smallest absolute Gasteiger partial charge is 0.122 e. The lowest BCUT2D eigenvalue weighted by Crippen LogP contribution is -2.38. The van der Waals surface area contributed by atoms with Crippen molar-refractivity contribution in [2.24, 2.45) is 0 Å². The Balaban J connectivity index is 1.87. The molecule has 0 saturated carbocycles. The number of allylic oxidation sites excluding steroid dienone is 1. The minimum absolute atomic E-state index is 0.231. The second-order valence-electron chi connectivity index (χ2n) is 5.09. The molecule has 0 saturated heterocycles. The van der Waals surface area contributed by atoms with Crippen LogP contribution in [-0.4, -0.2) is 25.8 Å². The third kappa shape index (κ3) is 2.47. The zero-order chi connectivity index (χ0) is 13.1. The van der Waals surface area contributed by atoms with Gasteiger partial charge in [-0.1, -0.05) is 25.1 Å². The first-order valence-corrected chi connectivity index (χ1v) is 7.18. The fourth-order valence-corrected chi connectivity index (χ4v) is 2.92. The van der Waals surface area contributed by atoms with Crippen LogP contribution in [0.25, 0.3) is 0 Å². The predicted molar refractivity (Wildman–Crippen MR) is 75.4 cm³/mol. The van der Waals surface area contributed by atoms with Crippen LogP contribution in [0.4, 0.5) is 0 Å². The summed E-state index contributed by atoms with van der Waals surface area (Å²) in [5.74, 6) is 2.46. The summed E-state index contributed by atoms with van der Waals surface area (Å²) in [6, 6.07) is 8.56. The van der Waals surface area contributed by atoms with Gasteiger partial charge in [0.05, 0.1) is 19.3 Å². The van der Waals surface area contributed by atoms with E-state index in [1.807, 2.05) is 6.07 Å². The molecule has 0 aliphatic carbocycles. The average molecular weight is 259 g/mol. The van der Waals surface area contributed by atoms with Gasteiger partial charge in [0.1, 0.15) is 11.5 Å². The highest BCUT2D eigenvalue weighted by molar-refractivity contribution is 5.42. The molecule has 0 spiro atoms. The molecule has 1 aromatic carbocycles. The van der Waals surface area contributed by atoms with Gasteiger partial charge in [0, 0.05) is 11.5 Å². The molecule has 2 aliphatic heterocycles. The summed E-state index contributed by atoms with van der Waals surface area (Å²) in [6.07, 6.45) is 4.48. The second-order valence-corrected chi connectivity index (χ2v) is 5.09. The molecule has 0 aromatic heterocycles. The molecule has 2 atom stereocenters. The van der Waals surface area contributed by atoms with Crippen molar-refractivity contribution >= 4 is 0 Å². The van der Waals surface area contributed by atoms with Crippen LogP contribution in [0.2, 0.25) is 0 Å². The van der Waals surface area contributed by atoms with Crippen LogP contribution in [0.3, 0.4) is 0 Å². The number of rotatable bonds is 4. The van der Waals surface area contributed by atoms with E-state index in [0.717, 1.165) is 44.1 Å². The SMILES string of the molecule is CCNC(C1=CCCCO1)C1COc2ccccc21. The first kappa shape index (κ1) is 12.5. The van der Waals surface area contributed by atoms with Crippen molar-refractivity contribution in [3.8, 4) is 5.75 Å². The summed E-state index contributed by atoms with van der Waals surface area (Å²) in [5, 5.41) is 3.56. The van der Waals surface area contributed by atoms with Gasteiger partial charge >= 0.3 is 0 Å². The van der Waals surface area contributed by atoms with Gasteiger partial charge in [0.2, 0.25) is 0 Å². The lowest BCUT2D eigenvalue weighted by molar-refractivity contribution is 0.156. The van der Waals surface area contributed by atoms with Crippen molar-refractivity contribution < 1.29 is 9.47 Å². The predicted octanol–water partition coefficient (Wildman–Crippen LogP) is 2.84. The number of para-hydroxylation sites is 1. The van der Waals surface area contributed by atoms with Gasteiger partial charge in [-0.3, -0.25) is 0 Å². The first-order chi connectivity index (χ1) is 9.40. The molecule has 1 N–H and O–H groups in total. The minimum atomic E-state index is 0.231. The van der Waals surface area contributed by atoms with E-state index in [0.29, 0.717) is 5.92 Å². The van der Waals surface area contributed by atoms with Crippen LogP contribution in [-0.2, 0) is 4.74 Å². The first-order valence-electron chi connectivity index (χ1n) is 7.18. The molecule has 19 heavy (non-hydrogen) atoms. The molecule has 0 radical (unpaired) electrons. The molecule has 0 bridgehead atoms. The molecule has 102 valence electrons. The molecule has 3 nitrogen and oxygen atoms in total. The van der Waals surface area contributed by atoms with Gasteiger partial charge in [-0.05, 0) is 31.5 Å². The number of likely N-dealkylation sites (N-methyl/N-ethyl adjacent to an activating group) is 1. The lowest BCUT2D eigenvalue weighted by Gasteiger charge is -2.28. The number of fused-ring (bicyclic) bond motifs is 1. The minimum Gasteiger partial charge on any atom is -0.497 e. The van der Waals surface area contributed by atoms with E-state index in [1.165, 1.54) is 5.56 Å². The van der Waals surface area contributed by atoms with E-state index >= 15 is 0 Å². The molecule has 0 fully saturated rings. The van der Waals surface area contributed by atoms with Crippen molar-refractivity contribution in [1.82, 2.24) is 5.32 Å².